The fourth-order valence-corrected chi connectivity index (χ4v) is 1.65. The second kappa shape index (κ2) is 3.35. The lowest BCUT2D eigenvalue weighted by molar-refractivity contribution is -0.174. The van der Waals surface area contributed by atoms with Gasteiger partial charge in [-0.15, -0.1) is 0 Å². The van der Waals surface area contributed by atoms with E-state index in [-0.39, 0.29) is 0 Å². The summed E-state index contributed by atoms with van der Waals surface area (Å²) >= 11 is 0. The number of rotatable bonds is 3. The molecule has 0 bridgehead atoms. The summed E-state index contributed by atoms with van der Waals surface area (Å²) in [5.74, 6) is 0. The highest BCUT2D eigenvalue weighted by atomic mass is 16.5. The van der Waals surface area contributed by atoms with Gasteiger partial charge >= 0.3 is 0 Å². The molecule has 0 aromatic rings. The summed E-state index contributed by atoms with van der Waals surface area (Å²) in [6, 6.07) is 0.625. The van der Waals surface area contributed by atoms with Gasteiger partial charge in [-0.3, -0.25) is 0 Å². The van der Waals surface area contributed by atoms with Gasteiger partial charge in [0.05, 0.1) is 18.8 Å². The number of hydrogen-bond donors (Lipinski definition) is 0. The molecule has 1 saturated heterocycles. The molecule has 0 aromatic carbocycles. The van der Waals surface area contributed by atoms with E-state index in [0.29, 0.717) is 17.6 Å². The number of ether oxygens (including phenoxy) is 1. The van der Waals surface area contributed by atoms with Crippen LogP contribution in [-0.2, 0) is 4.74 Å². The molecule has 0 saturated carbocycles. The molecule has 12 heavy (non-hydrogen) atoms. The molecule has 1 heterocycles. The SMILES string of the molecule is CCC(C)(C)C1OCC1N(C)C. The van der Waals surface area contributed by atoms with Crippen molar-refractivity contribution < 1.29 is 4.74 Å². The van der Waals surface area contributed by atoms with Gasteiger partial charge in [0.2, 0.25) is 0 Å². The summed E-state index contributed by atoms with van der Waals surface area (Å²) in [7, 11) is 4.26. The Morgan fingerprint density at radius 2 is 2.00 bits per heavy atom. The van der Waals surface area contributed by atoms with Crippen molar-refractivity contribution in [3.63, 3.8) is 0 Å². The average molecular weight is 171 g/mol. The maximum atomic E-state index is 5.62. The zero-order valence-corrected chi connectivity index (χ0v) is 8.92. The van der Waals surface area contributed by atoms with Gasteiger partial charge in [-0.1, -0.05) is 20.8 Å². The van der Waals surface area contributed by atoms with E-state index in [9.17, 15) is 0 Å². The predicted octanol–water partition coefficient (Wildman–Crippen LogP) is 1.75. The monoisotopic (exact) mass is 171 g/mol. The van der Waals surface area contributed by atoms with Gasteiger partial charge in [0.1, 0.15) is 0 Å². The van der Waals surface area contributed by atoms with E-state index < -0.39 is 0 Å². The zero-order valence-electron chi connectivity index (χ0n) is 8.92. The Balaban J connectivity index is 2.54. The lowest BCUT2D eigenvalue weighted by Crippen LogP contribution is -2.59. The first kappa shape index (κ1) is 10.0. The van der Waals surface area contributed by atoms with Crippen LogP contribution in [0.4, 0.5) is 0 Å². The van der Waals surface area contributed by atoms with Crippen molar-refractivity contribution in [2.45, 2.75) is 39.3 Å². The lowest BCUT2D eigenvalue weighted by atomic mass is 9.77. The summed E-state index contributed by atoms with van der Waals surface area (Å²) < 4.78 is 5.62. The van der Waals surface area contributed by atoms with Crippen molar-refractivity contribution >= 4 is 0 Å². The molecule has 0 aliphatic carbocycles. The summed E-state index contributed by atoms with van der Waals surface area (Å²) in [6.07, 6.45) is 1.61. The molecule has 72 valence electrons. The molecule has 1 aliphatic heterocycles. The molecule has 0 aromatic heterocycles. The van der Waals surface area contributed by atoms with E-state index in [1.54, 1.807) is 0 Å². The summed E-state index contributed by atoms with van der Waals surface area (Å²) in [4.78, 5) is 2.27. The fraction of sp³-hybridized carbons (Fsp3) is 1.00. The molecule has 2 atom stereocenters. The Morgan fingerprint density at radius 3 is 2.25 bits per heavy atom. The molecule has 0 N–H and O–H groups in total. The summed E-state index contributed by atoms with van der Waals surface area (Å²) in [5, 5.41) is 0. The molecule has 0 amide bonds. The van der Waals surface area contributed by atoms with Crippen LogP contribution in [0.15, 0.2) is 0 Å². The molecule has 2 heteroatoms. The Hall–Kier alpha value is -0.0800. The largest absolute Gasteiger partial charge is 0.374 e. The van der Waals surface area contributed by atoms with Crippen LogP contribution >= 0.6 is 0 Å². The van der Waals surface area contributed by atoms with E-state index >= 15 is 0 Å². The molecular weight excluding hydrogens is 150 g/mol. The quantitative estimate of drug-likeness (QED) is 0.641. The van der Waals surface area contributed by atoms with Crippen LogP contribution in [0.5, 0.6) is 0 Å². The van der Waals surface area contributed by atoms with Crippen molar-refractivity contribution in [2.24, 2.45) is 5.41 Å². The van der Waals surface area contributed by atoms with Crippen LogP contribution in [0.25, 0.3) is 0 Å². The third-order valence-electron chi connectivity index (χ3n) is 3.14. The van der Waals surface area contributed by atoms with Crippen LogP contribution in [0.2, 0.25) is 0 Å². The minimum atomic E-state index is 0.327. The van der Waals surface area contributed by atoms with Crippen molar-refractivity contribution in [3.05, 3.63) is 0 Å². The predicted molar refractivity (Wildman–Crippen MR) is 51.3 cm³/mol. The Kier molecular flexibility index (Phi) is 2.79. The molecule has 1 aliphatic rings. The van der Waals surface area contributed by atoms with Gasteiger partial charge in [-0.2, -0.15) is 0 Å². The highest BCUT2D eigenvalue weighted by Crippen LogP contribution is 2.36. The Morgan fingerprint density at radius 1 is 1.42 bits per heavy atom. The zero-order chi connectivity index (χ0) is 9.35. The highest BCUT2D eigenvalue weighted by Gasteiger charge is 2.43. The first-order valence-electron chi connectivity index (χ1n) is 4.77. The smallest absolute Gasteiger partial charge is 0.0803 e. The van der Waals surface area contributed by atoms with E-state index in [4.69, 9.17) is 4.74 Å². The van der Waals surface area contributed by atoms with E-state index in [2.05, 4.69) is 39.8 Å². The second-order valence-electron chi connectivity index (χ2n) is 4.63. The van der Waals surface area contributed by atoms with Gasteiger partial charge in [-0.05, 0) is 25.9 Å². The molecule has 2 unspecified atom stereocenters. The summed E-state index contributed by atoms with van der Waals surface area (Å²) in [5.41, 5.74) is 0.327. The maximum absolute atomic E-state index is 5.62. The minimum Gasteiger partial charge on any atom is -0.374 e. The van der Waals surface area contributed by atoms with Crippen LogP contribution in [0, 0.1) is 5.41 Å². The molecule has 0 spiro atoms. The van der Waals surface area contributed by atoms with Crippen molar-refractivity contribution in [1.82, 2.24) is 4.90 Å². The van der Waals surface area contributed by atoms with Gasteiger partial charge in [0, 0.05) is 0 Å². The Bertz CT molecular complexity index is 154. The third kappa shape index (κ3) is 1.64. The number of hydrogen-bond acceptors (Lipinski definition) is 2. The van der Waals surface area contributed by atoms with Crippen molar-refractivity contribution in [2.75, 3.05) is 20.7 Å². The van der Waals surface area contributed by atoms with Crippen molar-refractivity contribution in [1.29, 1.82) is 0 Å². The molecule has 1 fully saturated rings. The molecular formula is C10H21NO. The van der Waals surface area contributed by atoms with E-state index in [1.165, 1.54) is 6.42 Å². The van der Waals surface area contributed by atoms with Crippen LogP contribution in [0.3, 0.4) is 0 Å². The Labute approximate surface area is 75.9 Å². The minimum absolute atomic E-state index is 0.327. The normalized spacial score (nSPS) is 30.5. The van der Waals surface area contributed by atoms with Crippen LogP contribution in [0.1, 0.15) is 27.2 Å². The molecule has 1 rings (SSSR count). The van der Waals surface area contributed by atoms with Gasteiger partial charge in [-0.25, -0.2) is 0 Å². The van der Waals surface area contributed by atoms with Gasteiger partial charge < -0.3 is 9.64 Å². The number of nitrogens with zero attached hydrogens (tertiary/aromatic N) is 1. The molecule has 2 nitrogen and oxygen atoms in total. The third-order valence-corrected chi connectivity index (χ3v) is 3.14. The van der Waals surface area contributed by atoms with Crippen molar-refractivity contribution in [3.8, 4) is 0 Å². The summed E-state index contributed by atoms with van der Waals surface area (Å²) in [6.45, 7) is 7.70. The van der Waals surface area contributed by atoms with Gasteiger partial charge in [0.15, 0.2) is 0 Å². The topological polar surface area (TPSA) is 12.5 Å². The maximum Gasteiger partial charge on any atom is 0.0803 e. The number of likely N-dealkylation sites (N-methyl/N-ethyl adjacent to an activating group) is 1. The first-order chi connectivity index (χ1) is 5.49. The standard InChI is InChI=1S/C10H21NO/c1-6-10(2,3)9-8(7-12-9)11(4)5/h8-9H,6-7H2,1-5H3. The van der Waals surface area contributed by atoms with Crippen LogP contribution in [-0.4, -0.2) is 37.7 Å². The van der Waals surface area contributed by atoms with Gasteiger partial charge in [0.25, 0.3) is 0 Å². The average Bonchev–Trinajstić information content (AvgIpc) is 1.82. The van der Waals surface area contributed by atoms with Crippen LogP contribution < -0.4 is 0 Å². The molecule has 0 radical (unpaired) electrons. The van der Waals surface area contributed by atoms with E-state index in [1.807, 2.05) is 0 Å². The fourth-order valence-electron chi connectivity index (χ4n) is 1.65. The van der Waals surface area contributed by atoms with E-state index in [0.717, 1.165) is 6.61 Å². The lowest BCUT2D eigenvalue weighted by Gasteiger charge is -2.49. The highest BCUT2D eigenvalue weighted by molar-refractivity contribution is 4.94. The first-order valence-corrected chi connectivity index (χ1v) is 4.77. The second-order valence-corrected chi connectivity index (χ2v) is 4.63.